The number of aromatic hydroxyl groups is 2. The summed E-state index contributed by atoms with van der Waals surface area (Å²) < 4.78 is 0. The molecule has 0 radical (unpaired) electrons. The van der Waals surface area contributed by atoms with Gasteiger partial charge in [0.2, 0.25) is 5.75 Å². The Morgan fingerprint density at radius 2 is 2.14 bits per heavy atom. The maximum absolute atomic E-state index is 10.4. The Kier molecular flexibility index (Phi) is 2.71. The molecular weight excluding hydrogens is 186 g/mol. The Hall–Kier alpha value is -2.04. The van der Waals surface area contributed by atoms with Crippen LogP contribution >= 0.6 is 0 Å². The van der Waals surface area contributed by atoms with E-state index in [4.69, 9.17) is 0 Å². The highest BCUT2D eigenvalue weighted by Gasteiger charge is 2.18. The van der Waals surface area contributed by atoms with E-state index in [1.165, 1.54) is 12.1 Å². The van der Waals surface area contributed by atoms with Crippen molar-refractivity contribution in [2.45, 2.75) is 6.42 Å². The molecule has 0 atom stereocenters. The Morgan fingerprint density at radius 3 is 2.64 bits per heavy atom. The molecule has 0 fully saturated rings. The summed E-state index contributed by atoms with van der Waals surface area (Å²) in [4.78, 5) is 9.72. The van der Waals surface area contributed by atoms with Crippen LogP contribution in [0.4, 0.5) is 5.69 Å². The Morgan fingerprint density at radius 1 is 1.50 bits per heavy atom. The molecule has 0 bridgehead atoms. The Balaban J connectivity index is 3.32. The fourth-order valence-electron chi connectivity index (χ4n) is 1.11. The summed E-state index contributed by atoms with van der Waals surface area (Å²) in [7, 11) is 0. The second-order valence-corrected chi connectivity index (χ2v) is 2.68. The second-order valence-electron chi connectivity index (χ2n) is 2.68. The van der Waals surface area contributed by atoms with Gasteiger partial charge in [-0.2, -0.15) is 0 Å². The third-order valence-electron chi connectivity index (χ3n) is 1.78. The minimum Gasteiger partial charge on any atom is -0.508 e. The van der Waals surface area contributed by atoms with Gasteiger partial charge < -0.3 is 10.2 Å². The van der Waals surface area contributed by atoms with Crippen molar-refractivity contribution < 1.29 is 15.1 Å². The lowest BCUT2D eigenvalue weighted by Gasteiger charge is -2.04. The van der Waals surface area contributed by atoms with Gasteiger partial charge in [0.05, 0.1) is 4.92 Å². The third kappa shape index (κ3) is 1.66. The maximum Gasteiger partial charge on any atom is 0.311 e. The topological polar surface area (TPSA) is 83.6 Å². The van der Waals surface area contributed by atoms with Crippen molar-refractivity contribution in [2.75, 3.05) is 0 Å². The maximum atomic E-state index is 10.4. The van der Waals surface area contributed by atoms with Crippen LogP contribution in [0.1, 0.15) is 5.56 Å². The summed E-state index contributed by atoms with van der Waals surface area (Å²) in [5.41, 5.74) is -0.297. The van der Waals surface area contributed by atoms with Gasteiger partial charge in [0, 0.05) is 11.6 Å². The fourth-order valence-corrected chi connectivity index (χ4v) is 1.11. The highest BCUT2D eigenvalue weighted by atomic mass is 16.6. The Bertz CT molecular complexity index is 387. The molecule has 2 N–H and O–H groups in total. The molecule has 5 nitrogen and oxygen atoms in total. The molecule has 0 aromatic heterocycles. The minimum atomic E-state index is -0.707. The number of nitro benzene ring substituents is 1. The third-order valence-corrected chi connectivity index (χ3v) is 1.78. The van der Waals surface area contributed by atoms with E-state index < -0.39 is 16.4 Å². The molecule has 1 rings (SSSR count). The van der Waals surface area contributed by atoms with Crippen LogP contribution in [0.15, 0.2) is 24.8 Å². The summed E-state index contributed by atoms with van der Waals surface area (Å²) in [6.45, 7) is 3.42. The van der Waals surface area contributed by atoms with Crippen LogP contribution in [-0.4, -0.2) is 15.1 Å². The van der Waals surface area contributed by atoms with Crippen molar-refractivity contribution in [3.8, 4) is 11.5 Å². The van der Waals surface area contributed by atoms with E-state index in [-0.39, 0.29) is 17.7 Å². The fraction of sp³-hybridized carbons (Fsp3) is 0.111. The van der Waals surface area contributed by atoms with Crippen molar-refractivity contribution in [3.63, 3.8) is 0 Å². The van der Waals surface area contributed by atoms with Crippen LogP contribution in [0.5, 0.6) is 11.5 Å². The van der Waals surface area contributed by atoms with Crippen molar-refractivity contribution in [3.05, 3.63) is 40.5 Å². The van der Waals surface area contributed by atoms with E-state index in [2.05, 4.69) is 6.58 Å². The number of allylic oxidation sites excluding steroid dienone is 1. The second kappa shape index (κ2) is 3.78. The largest absolute Gasteiger partial charge is 0.508 e. The van der Waals surface area contributed by atoms with Gasteiger partial charge in [0.15, 0.2) is 0 Å². The number of hydrogen-bond donors (Lipinski definition) is 2. The average molecular weight is 195 g/mol. The molecule has 74 valence electrons. The van der Waals surface area contributed by atoms with E-state index in [9.17, 15) is 20.3 Å². The molecule has 1 aromatic rings. The Labute approximate surface area is 80.1 Å². The predicted molar refractivity (Wildman–Crippen MR) is 50.3 cm³/mol. The molecule has 5 heteroatoms. The highest BCUT2D eigenvalue weighted by molar-refractivity contribution is 5.56. The molecule has 1 aromatic carbocycles. The summed E-state index contributed by atoms with van der Waals surface area (Å²) in [6, 6.07) is 2.23. The lowest BCUT2D eigenvalue weighted by Crippen LogP contribution is -1.92. The molecule has 0 saturated heterocycles. The van der Waals surface area contributed by atoms with E-state index in [1.807, 2.05) is 0 Å². The van der Waals surface area contributed by atoms with Gasteiger partial charge in [-0.1, -0.05) is 6.08 Å². The van der Waals surface area contributed by atoms with Gasteiger partial charge in [-0.15, -0.1) is 6.58 Å². The quantitative estimate of drug-likeness (QED) is 0.437. The SMILES string of the molecule is C=CCc1c(O)ccc([N+](=O)[O-])c1O. The van der Waals surface area contributed by atoms with Gasteiger partial charge in [-0.3, -0.25) is 10.1 Å². The first kappa shape index (κ1) is 10.0. The standard InChI is InChI=1S/C9H9NO4/c1-2-3-6-8(11)5-4-7(9(6)12)10(13)14/h2,4-5,11-12H,1,3H2. The zero-order chi connectivity index (χ0) is 10.7. The number of benzene rings is 1. The monoisotopic (exact) mass is 195 g/mol. The molecular formula is C9H9NO4. The van der Waals surface area contributed by atoms with Crippen LogP contribution < -0.4 is 0 Å². The van der Waals surface area contributed by atoms with Gasteiger partial charge in [0.1, 0.15) is 5.75 Å². The highest BCUT2D eigenvalue weighted by Crippen LogP contribution is 2.35. The lowest BCUT2D eigenvalue weighted by molar-refractivity contribution is -0.385. The number of rotatable bonds is 3. The van der Waals surface area contributed by atoms with E-state index in [0.717, 1.165) is 6.07 Å². The molecule has 0 spiro atoms. The smallest absolute Gasteiger partial charge is 0.311 e. The van der Waals surface area contributed by atoms with Crippen molar-refractivity contribution in [1.29, 1.82) is 0 Å². The first-order chi connectivity index (χ1) is 6.57. The van der Waals surface area contributed by atoms with Crippen LogP contribution in [0.2, 0.25) is 0 Å². The van der Waals surface area contributed by atoms with Crippen molar-refractivity contribution in [2.24, 2.45) is 0 Å². The number of nitrogens with zero attached hydrogens (tertiary/aromatic N) is 1. The van der Waals surface area contributed by atoms with Gasteiger partial charge in [-0.05, 0) is 12.5 Å². The summed E-state index contributed by atoms with van der Waals surface area (Å²) in [5, 5.41) is 29.1. The molecule has 14 heavy (non-hydrogen) atoms. The van der Waals surface area contributed by atoms with Crippen LogP contribution in [0.25, 0.3) is 0 Å². The number of hydrogen-bond acceptors (Lipinski definition) is 4. The van der Waals surface area contributed by atoms with Gasteiger partial charge >= 0.3 is 5.69 Å². The van der Waals surface area contributed by atoms with Crippen molar-refractivity contribution in [1.82, 2.24) is 0 Å². The lowest BCUT2D eigenvalue weighted by atomic mass is 10.1. The van der Waals surface area contributed by atoms with E-state index in [1.54, 1.807) is 0 Å². The van der Waals surface area contributed by atoms with E-state index >= 15 is 0 Å². The zero-order valence-electron chi connectivity index (χ0n) is 7.30. The van der Waals surface area contributed by atoms with Crippen LogP contribution in [-0.2, 0) is 6.42 Å². The molecule has 0 heterocycles. The normalized spacial score (nSPS) is 9.71. The molecule has 0 aliphatic rings. The first-order valence-electron chi connectivity index (χ1n) is 3.87. The van der Waals surface area contributed by atoms with Crippen LogP contribution in [0.3, 0.4) is 0 Å². The number of phenolic OH excluding ortho intramolecular Hbond substituents is 2. The minimum absolute atomic E-state index is 0.120. The summed E-state index contributed by atoms with van der Waals surface area (Å²) in [6.07, 6.45) is 1.62. The molecule has 0 aliphatic heterocycles. The number of phenols is 2. The first-order valence-corrected chi connectivity index (χ1v) is 3.87. The van der Waals surface area contributed by atoms with Crippen molar-refractivity contribution >= 4 is 5.69 Å². The zero-order valence-corrected chi connectivity index (χ0v) is 7.30. The molecule has 0 aliphatic carbocycles. The average Bonchev–Trinajstić information content (AvgIpc) is 2.11. The molecule has 0 amide bonds. The predicted octanol–water partition coefficient (Wildman–Crippen LogP) is 1.73. The van der Waals surface area contributed by atoms with Gasteiger partial charge in [-0.25, -0.2) is 0 Å². The van der Waals surface area contributed by atoms with Gasteiger partial charge in [0.25, 0.3) is 0 Å². The molecule has 0 saturated carbocycles. The molecule has 0 unspecified atom stereocenters. The van der Waals surface area contributed by atoms with E-state index in [0.29, 0.717) is 0 Å². The van der Waals surface area contributed by atoms with Crippen LogP contribution in [0, 0.1) is 10.1 Å². The summed E-state index contributed by atoms with van der Waals surface area (Å²) >= 11 is 0. The number of nitro groups is 1. The summed E-state index contributed by atoms with van der Waals surface area (Å²) in [5.74, 6) is -0.678.